The van der Waals surface area contributed by atoms with Crippen LogP contribution in [-0.2, 0) is 12.7 Å². The molecule has 1 fully saturated rings. The van der Waals surface area contributed by atoms with E-state index in [1.165, 1.54) is 18.2 Å². The average Bonchev–Trinajstić information content (AvgIpc) is 2.73. The fourth-order valence-corrected chi connectivity index (χ4v) is 3.81. The number of non-ortho nitro benzene ring substituents is 1. The Bertz CT molecular complexity index is 1080. The van der Waals surface area contributed by atoms with E-state index in [0.717, 1.165) is 11.8 Å². The number of benzene rings is 2. The Labute approximate surface area is 170 Å². The number of hydrogen-bond donors (Lipinski definition) is 0. The number of hydrogen-bond acceptors (Lipinski definition) is 5. The number of pyridine rings is 1. The zero-order valence-corrected chi connectivity index (χ0v) is 16.0. The Balaban J connectivity index is 1.48. The number of nitro groups is 1. The van der Waals surface area contributed by atoms with Crippen molar-refractivity contribution in [2.45, 2.75) is 12.7 Å². The van der Waals surface area contributed by atoms with Crippen molar-refractivity contribution in [1.82, 2.24) is 9.88 Å². The van der Waals surface area contributed by atoms with Gasteiger partial charge in [0, 0.05) is 45.0 Å². The van der Waals surface area contributed by atoms with Crippen molar-refractivity contribution in [3.8, 4) is 0 Å². The smallest absolute Gasteiger partial charge is 0.367 e. The molecule has 156 valence electrons. The van der Waals surface area contributed by atoms with Crippen molar-refractivity contribution in [3.63, 3.8) is 0 Å². The van der Waals surface area contributed by atoms with Crippen molar-refractivity contribution >= 4 is 22.3 Å². The predicted octanol–water partition coefficient (Wildman–Crippen LogP) is 4.48. The molecule has 0 saturated carbocycles. The molecule has 9 heteroatoms. The lowest BCUT2D eigenvalue weighted by Gasteiger charge is -2.36. The highest BCUT2D eigenvalue weighted by atomic mass is 19.4. The van der Waals surface area contributed by atoms with Gasteiger partial charge in [0.15, 0.2) is 0 Å². The molecule has 1 saturated heterocycles. The summed E-state index contributed by atoms with van der Waals surface area (Å²) in [6, 6.07) is 12.0. The molecule has 0 radical (unpaired) electrons. The van der Waals surface area contributed by atoms with Crippen LogP contribution in [0.3, 0.4) is 0 Å². The fraction of sp³-hybridized carbons (Fsp3) is 0.286. The quantitative estimate of drug-likeness (QED) is 0.463. The summed E-state index contributed by atoms with van der Waals surface area (Å²) in [4.78, 5) is 19.4. The average molecular weight is 416 g/mol. The SMILES string of the molecule is O=[N+]([O-])c1ccc(N2CCN(Cc3cccc(C(F)(F)F)c3)CC2)c2ncccc12. The Morgan fingerprint density at radius 1 is 1.03 bits per heavy atom. The Hall–Kier alpha value is -3.20. The lowest BCUT2D eigenvalue weighted by atomic mass is 10.1. The molecule has 1 aliphatic heterocycles. The van der Waals surface area contributed by atoms with E-state index in [4.69, 9.17) is 0 Å². The van der Waals surface area contributed by atoms with Crippen LogP contribution in [0.2, 0.25) is 0 Å². The van der Waals surface area contributed by atoms with E-state index >= 15 is 0 Å². The van der Waals surface area contributed by atoms with Crippen molar-refractivity contribution in [2.75, 3.05) is 31.1 Å². The van der Waals surface area contributed by atoms with Gasteiger partial charge in [0.2, 0.25) is 0 Å². The summed E-state index contributed by atoms with van der Waals surface area (Å²) in [6.45, 7) is 3.09. The van der Waals surface area contributed by atoms with Crippen LogP contribution >= 0.6 is 0 Å². The minimum Gasteiger partial charge on any atom is -0.367 e. The van der Waals surface area contributed by atoms with Crippen LogP contribution < -0.4 is 4.90 Å². The third kappa shape index (κ3) is 4.06. The number of nitrogens with zero attached hydrogens (tertiary/aromatic N) is 4. The van der Waals surface area contributed by atoms with Crippen LogP contribution in [0.25, 0.3) is 10.9 Å². The van der Waals surface area contributed by atoms with Crippen molar-refractivity contribution in [3.05, 3.63) is 76.0 Å². The van der Waals surface area contributed by atoms with Gasteiger partial charge >= 0.3 is 6.18 Å². The van der Waals surface area contributed by atoms with E-state index < -0.39 is 16.7 Å². The number of anilines is 1. The molecule has 6 nitrogen and oxygen atoms in total. The topological polar surface area (TPSA) is 62.5 Å². The molecule has 1 aromatic heterocycles. The van der Waals surface area contributed by atoms with Crippen LogP contribution in [0.15, 0.2) is 54.7 Å². The first-order valence-electron chi connectivity index (χ1n) is 9.48. The molecule has 1 aliphatic rings. The van der Waals surface area contributed by atoms with Gasteiger partial charge in [-0.2, -0.15) is 13.2 Å². The highest BCUT2D eigenvalue weighted by molar-refractivity contribution is 5.97. The normalized spacial score (nSPS) is 15.5. The highest BCUT2D eigenvalue weighted by Gasteiger charge is 2.30. The van der Waals surface area contributed by atoms with E-state index in [1.807, 2.05) is 0 Å². The second-order valence-electron chi connectivity index (χ2n) is 7.22. The highest BCUT2D eigenvalue weighted by Crippen LogP contribution is 2.33. The molecule has 2 heterocycles. The maximum Gasteiger partial charge on any atom is 0.416 e. The maximum atomic E-state index is 12.9. The number of rotatable bonds is 4. The number of nitro benzene ring substituents is 1. The van der Waals surface area contributed by atoms with Crippen molar-refractivity contribution < 1.29 is 18.1 Å². The molecule has 3 aromatic rings. The minimum absolute atomic E-state index is 0.0185. The Morgan fingerprint density at radius 3 is 2.50 bits per heavy atom. The zero-order valence-electron chi connectivity index (χ0n) is 16.0. The van der Waals surface area contributed by atoms with E-state index in [9.17, 15) is 23.3 Å². The van der Waals surface area contributed by atoms with E-state index in [-0.39, 0.29) is 5.69 Å². The predicted molar refractivity (Wildman–Crippen MR) is 107 cm³/mol. The van der Waals surface area contributed by atoms with Crippen LogP contribution in [0.1, 0.15) is 11.1 Å². The molecule has 0 amide bonds. The van der Waals surface area contributed by atoms with Crippen LogP contribution in [0.5, 0.6) is 0 Å². The zero-order chi connectivity index (χ0) is 21.3. The molecular weight excluding hydrogens is 397 g/mol. The number of piperazine rings is 1. The molecule has 0 N–H and O–H groups in total. The first-order valence-corrected chi connectivity index (χ1v) is 9.48. The summed E-state index contributed by atoms with van der Waals surface area (Å²) in [7, 11) is 0. The van der Waals surface area contributed by atoms with Crippen molar-refractivity contribution in [2.24, 2.45) is 0 Å². The van der Waals surface area contributed by atoms with Gasteiger partial charge in [0.05, 0.1) is 21.6 Å². The van der Waals surface area contributed by atoms with Gasteiger partial charge in [-0.25, -0.2) is 0 Å². The largest absolute Gasteiger partial charge is 0.416 e. The Kier molecular flexibility index (Phi) is 5.29. The van der Waals surface area contributed by atoms with E-state index in [0.29, 0.717) is 49.2 Å². The lowest BCUT2D eigenvalue weighted by Crippen LogP contribution is -2.46. The molecule has 0 aliphatic carbocycles. The van der Waals surface area contributed by atoms with Gasteiger partial charge in [0.1, 0.15) is 5.52 Å². The lowest BCUT2D eigenvalue weighted by molar-refractivity contribution is -0.383. The van der Waals surface area contributed by atoms with Gasteiger partial charge in [-0.1, -0.05) is 18.2 Å². The van der Waals surface area contributed by atoms with Gasteiger partial charge in [-0.3, -0.25) is 20.0 Å². The summed E-state index contributed by atoms with van der Waals surface area (Å²) in [5.41, 5.74) is 1.42. The second-order valence-corrected chi connectivity index (χ2v) is 7.22. The van der Waals surface area contributed by atoms with Crippen LogP contribution in [-0.4, -0.2) is 41.0 Å². The van der Waals surface area contributed by atoms with E-state index in [1.54, 1.807) is 30.5 Å². The monoisotopic (exact) mass is 416 g/mol. The summed E-state index contributed by atoms with van der Waals surface area (Å²) < 4.78 is 38.8. The molecule has 0 atom stereocenters. The van der Waals surface area contributed by atoms with Crippen molar-refractivity contribution in [1.29, 1.82) is 0 Å². The summed E-state index contributed by atoms with van der Waals surface area (Å²) in [5.74, 6) is 0. The molecular formula is C21H19F3N4O2. The molecule has 0 spiro atoms. The van der Waals surface area contributed by atoms with Gasteiger partial charge in [0.25, 0.3) is 5.69 Å². The first-order chi connectivity index (χ1) is 14.3. The van der Waals surface area contributed by atoms with Crippen LogP contribution in [0.4, 0.5) is 24.5 Å². The fourth-order valence-electron chi connectivity index (χ4n) is 3.81. The molecule has 4 rings (SSSR count). The standard InChI is InChI=1S/C21H19F3N4O2/c22-21(23,24)16-4-1-3-15(13-16)14-26-9-11-27(12-10-26)19-7-6-18(28(29)30)17-5-2-8-25-20(17)19/h1-8,13H,9-12,14H2. The van der Waals surface area contributed by atoms with Gasteiger partial charge < -0.3 is 4.90 Å². The molecule has 0 bridgehead atoms. The number of fused-ring (bicyclic) bond motifs is 1. The summed E-state index contributed by atoms with van der Waals surface area (Å²) >= 11 is 0. The third-order valence-corrected chi connectivity index (χ3v) is 5.30. The summed E-state index contributed by atoms with van der Waals surface area (Å²) in [5, 5.41) is 11.8. The van der Waals surface area contributed by atoms with Gasteiger partial charge in [-0.15, -0.1) is 0 Å². The Morgan fingerprint density at radius 2 is 1.80 bits per heavy atom. The first kappa shape index (κ1) is 20.1. The molecule has 30 heavy (non-hydrogen) atoms. The number of aromatic nitrogens is 1. The second kappa shape index (κ2) is 7.91. The summed E-state index contributed by atoms with van der Waals surface area (Å²) in [6.07, 6.45) is -2.74. The number of alkyl halides is 3. The number of halogens is 3. The minimum atomic E-state index is -4.35. The van der Waals surface area contributed by atoms with Crippen LogP contribution in [0, 0.1) is 10.1 Å². The maximum absolute atomic E-state index is 12.9. The van der Waals surface area contributed by atoms with Gasteiger partial charge in [-0.05, 0) is 29.8 Å². The third-order valence-electron chi connectivity index (χ3n) is 5.30. The molecule has 2 aromatic carbocycles. The van der Waals surface area contributed by atoms with E-state index in [2.05, 4.69) is 14.8 Å². The molecule has 0 unspecified atom stereocenters.